The van der Waals surface area contributed by atoms with Crippen LogP contribution in [0.3, 0.4) is 0 Å². The van der Waals surface area contributed by atoms with E-state index in [-0.39, 0.29) is 5.56 Å². The van der Waals surface area contributed by atoms with E-state index in [1.807, 2.05) is 25.1 Å². The van der Waals surface area contributed by atoms with Crippen molar-refractivity contribution in [2.24, 2.45) is 0 Å². The number of benzene rings is 2. The Morgan fingerprint density at radius 3 is 2.80 bits per heavy atom. The average Bonchev–Trinajstić information content (AvgIpc) is 2.41. The Morgan fingerprint density at radius 1 is 1.25 bits per heavy atom. The zero-order valence-corrected chi connectivity index (χ0v) is 11.3. The Hall–Kier alpha value is -2.36. The van der Waals surface area contributed by atoms with Gasteiger partial charge in [-0.3, -0.25) is 4.79 Å². The molecule has 0 radical (unpaired) electrons. The number of nitrogens with two attached hydrogens (primary N) is 1. The quantitative estimate of drug-likeness (QED) is 0.841. The van der Waals surface area contributed by atoms with Gasteiger partial charge in [0.1, 0.15) is 5.82 Å². The van der Waals surface area contributed by atoms with Crippen LogP contribution in [0.2, 0.25) is 0 Å². The Kier molecular flexibility index (Phi) is 4.35. The highest BCUT2D eigenvalue weighted by Gasteiger charge is 2.11. The molecule has 3 N–H and O–H groups in total. The van der Waals surface area contributed by atoms with Crippen LogP contribution in [0.25, 0.3) is 0 Å². The molecule has 20 heavy (non-hydrogen) atoms. The molecule has 0 fully saturated rings. The average molecular weight is 272 g/mol. The van der Waals surface area contributed by atoms with Crippen LogP contribution in [0.15, 0.2) is 42.5 Å². The van der Waals surface area contributed by atoms with E-state index in [2.05, 4.69) is 11.4 Å². The van der Waals surface area contributed by atoms with E-state index in [0.29, 0.717) is 18.7 Å². The van der Waals surface area contributed by atoms with Crippen LogP contribution in [-0.4, -0.2) is 12.5 Å². The third-order valence-corrected chi connectivity index (χ3v) is 3.02. The minimum absolute atomic E-state index is 0.0192. The second kappa shape index (κ2) is 6.19. The van der Waals surface area contributed by atoms with Crippen molar-refractivity contribution < 1.29 is 9.18 Å². The minimum atomic E-state index is -0.563. The van der Waals surface area contributed by atoms with Gasteiger partial charge in [0.15, 0.2) is 0 Å². The van der Waals surface area contributed by atoms with E-state index >= 15 is 0 Å². The maximum atomic E-state index is 13.5. The molecule has 0 spiro atoms. The van der Waals surface area contributed by atoms with E-state index < -0.39 is 11.7 Å². The number of anilines is 1. The molecule has 2 rings (SSSR count). The molecule has 104 valence electrons. The molecule has 1 amide bonds. The van der Waals surface area contributed by atoms with E-state index in [1.54, 1.807) is 0 Å². The molecule has 2 aromatic carbocycles. The first-order chi connectivity index (χ1) is 9.56. The number of rotatable bonds is 4. The van der Waals surface area contributed by atoms with Crippen molar-refractivity contribution in [1.29, 1.82) is 0 Å². The van der Waals surface area contributed by atoms with Crippen LogP contribution >= 0.6 is 0 Å². The summed E-state index contributed by atoms with van der Waals surface area (Å²) in [6, 6.07) is 12.0. The number of amides is 1. The van der Waals surface area contributed by atoms with E-state index in [9.17, 15) is 9.18 Å². The van der Waals surface area contributed by atoms with Crippen LogP contribution in [0, 0.1) is 12.7 Å². The number of halogens is 1. The molecule has 0 aliphatic carbocycles. The third kappa shape index (κ3) is 3.57. The molecule has 0 aromatic heterocycles. The maximum Gasteiger partial charge on any atom is 0.254 e. The lowest BCUT2D eigenvalue weighted by Crippen LogP contribution is -2.26. The second-order valence-electron chi connectivity index (χ2n) is 4.73. The maximum absolute atomic E-state index is 13.5. The molecule has 0 aliphatic rings. The largest absolute Gasteiger partial charge is 0.399 e. The van der Waals surface area contributed by atoms with Crippen molar-refractivity contribution in [1.82, 2.24) is 5.32 Å². The number of hydrogen-bond donors (Lipinski definition) is 2. The second-order valence-corrected chi connectivity index (χ2v) is 4.73. The summed E-state index contributed by atoms with van der Waals surface area (Å²) in [5.74, 6) is -1.00. The van der Waals surface area contributed by atoms with Gasteiger partial charge in [-0.1, -0.05) is 29.8 Å². The smallest absolute Gasteiger partial charge is 0.254 e. The highest BCUT2D eigenvalue weighted by atomic mass is 19.1. The highest BCUT2D eigenvalue weighted by Crippen LogP contribution is 2.12. The number of nitrogen functional groups attached to an aromatic ring is 1. The molecule has 0 atom stereocenters. The molecule has 3 nitrogen and oxygen atoms in total. The van der Waals surface area contributed by atoms with Crippen LogP contribution < -0.4 is 11.1 Å². The van der Waals surface area contributed by atoms with Crippen molar-refractivity contribution in [2.75, 3.05) is 12.3 Å². The van der Waals surface area contributed by atoms with Gasteiger partial charge in [0.05, 0.1) is 5.56 Å². The van der Waals surface area contributed by atoms with Crippen LogP contribution in [-0.2, 0) is 6.42 Å². The Morgan fingerprint density at radius 2 is 2.05 bits per heavy atom. The molecular weight excluding hydrogens is 255 g/mol. The molecule has 0 saturated heterocycles. The number of carbonyl (C=O) groups is 1. The lowest BCUT2D eigenvalue weighted by atomic mass is 10.1. The van der Waals surface area contributed by atoms with E-state index in [4.69, 9.17) is 5.73 Å². The van der Waals surface area contributed by atoms with Crippen molar-refractivity contribution in [3.63, 3.8) is 0 Å². The molecule has 4 heteroatoms. The van der Waals surface area contributed by atoms with Crippen molar-refractivity contribution in [2.45, 2.75) is 13.3 Å². The molecule has 0 saturated carbocycles. The number of aryl methyl sites for hydroxylation is 1. The van der Waals surface area contributed by atoms with Gasteiger partial charge in [-0.25, -0.2) is 4.39 Å². The normalized spacial score (nSPS) is 10.3. The van der Waals surface area contributed by atoms with Crippen LogP contribution in [0.5, 0.6) is 0 Å². The number of hydrogen-bond acceptors (Lipinski definition) is 2. The van der Waals surface area contributed by atoms with E-state index in [0.717, 1.165) is 5.56 Å². The van der Waals surface area contributed by atoms with Gasteiger partial charge in [0, 0.05) is 12.2 Å². The fraction of sp³-hybridized carbons (Fsp3) is 0.188. The molecular formula is C16H17FN2O. The topological polar surface area (TPSA) is 55.1 Å². The molecule has 2 aromatic rings. The van der Waals surface area contributed by atoms with Crippen molar-refractivity contribution in [3.8, 4) is 0 Å². The number of carbonyl (C=O) groups excluding carboxylic acids is 1. The van der Waals surface area contributed by atoms with Gasteiger partial charge in [-0.05, 0) is 37.1 Å². The fourth-order valence-electron chi connectivity index (χ4n) is 2.00. The predicted molar refractivity (Wildman–Crippen MR) is 78.0 cm³/mol. The standard InChI is InChI=1S/C16H17FN2O/c1-11-3-2-4-12(9-11)7-8-19-16(20)14-10-13(18)5-6-15(14)17/h2-6,9-10H,7-8,18H2,1H3,(H,19,20). The fourth-order valence-corrected chi connectivity index (χ4v) is 2.00. The monoisotopic (exact) mass is 272 g/mol. The summed E-state index contributed by atoms with van der Waals surface area (Å²) >= 11 is 0. The highest BCUT2D eigenvalue weighted by molar-refractivity contribution is 5.95. The minimum Gasteiger partial charge on any atom is -0.399 e. The Balaban J connectivity index is 1.94. The van der Waals surface area contributed by atoms with Gasteiger partial charge in [-0.2, -0.15) is 0 Å². The molecule has 0 unspecified atom stereocenters. The van der Waals surface area contributed by atoms with Crippen molar-refractivity contribution in [3.05, 3.63) is 65.0 Å². The van der Waals surface area contributed by atoms with Gasteiger partial charge in [0.2, 0.25) is 0 Å². The summed E-state index contributed by atoms with van der Waals surface area (Å²) in [5, 5.41) is 2.70. The Labute approximate surface area is 117 Å². The summed E-state index contributed by atoms with van der Waals surface area (Å²) in [6.45, 7) is 2.47. The van der Waals surface area contributed by atoms with Gasteiger partial charge in [0.25, 0.3) is 5.91 Å². The van der Waals surface area contributed by atoms with Crippen molar-refractivity contribution >= 4 is 11.6 Å². The summed E-state index contributed by atoms with van der Waals surface area (Å²) in [6.07, 6.45) is 0.706. The van der Waals surface area contributed by atoms with Gasteiger partial charge < -0.3 is 11.1 Å². The molecule has 0 aliphatic heterocycles. The molecule has 0 bridgehead atoms. The first kappa shape index (κ1) is 14.1. The van der Waals surface area contributed by atoms with Crippen LogP contribution in [0.4, 0.5) is 10.1 Å². The first-order valence-electron chi connectivity index (χ1n) is 6.45. The van der Waals surface area contributed by atoms with Gasteiger partial charge >= 0.3 is 0 Å². The molecule has 0 heterocycles. The lowest BCUT2D eigenvalue weighted by molar-refractivity contribution is 0.0950. The van der Waals surface area contributed by atoms with Gasteiger partial charge in [-0.15, -0.1) is 0 Å². The van der Waals surface area contributed by atoms with Crippen LogP contribution in [0.1, 0.15) is 21.5 Å². The summed E-state index contributed by atoms with van der Waals surface area (Å²) in [7, 11) is 0. The summed E-state index contributed by atoms with van der Waals surface area (Å²) < 4.78 is 13.5. The number of nitrogens with one attached hydrogen (secondary N) is 1. The summed E-state index contributed by atoms with van der Waals surface area (Å²) in [5.41, 5.74) is 8.22. The zero-order valence-electron chi connectivity index (χ0n) is 11.3. The van der Waals surface area contributed by atoms with E-state index in [1.165, 1.54) is 23.8 Å². The first-order valence-corrected chi connectivity index (χ1v) is 6.45. The SMILES string of the molecule is Cc1cccc(CCNC(=O)c2cc(N)ccc2F)c1. The predicted octanol–water partition coefficient (Wildman–Crippen LogP) is 2.69. The Bertz CT molecular complexity index is 626. The zero-order chi connectivity index (χ0) is 14.5. The summed E-state index contributed by atoms with van der Waals surface area (Å²) in [4.78, 5) is 11.9. The third-order valence-electron chi connectivity index (χ3n) is 3.02. The lowest BCUT2D eigenvalue weighted by Gasteiger charge is -2.07.